The van der Waals surface area contributed by atoms with Gasteiger partial charge in [-0.3, -0.25) is 4.90 Å². The van der Waals surface area contributed by atoms with Crippen LogP contribution in [0, 0.1) is 12.8 Å². The van der Waals surface area contributed by atoms with E-state index in [-0.39, 0.29) is 10.9 Å². The molecule has 3 aromatic carbocycles. The summed E-state index contributed by atoms with van der Waals surface area (Å²) in [5.41, 5.74) is 3.43. The number of fused-ring (bicyclic) bond motifs is 4. The van der Waals surface area contributed by atoms with E-state index in [1.165, 1.54) is 22.4 Å². The van der Waals surface area contributed by atoms with Crippen LogP contribution in [-0.4, -0.2) is 54.2 Å². The second-order valence-electron chi connectivity index (χ2n) is 13.1. The normalized spacial score (nSPS) is 29.2. The lowest BCUT2D eigenvalue weighted by molar-refractivity contribution is -0.173. The number of nitrogens with zero attached hydrogens (tertiary/aromatic N) is 2. The van der Waals surface area contributed by atoms with E-state index < -0.39 is 27.1 Å². The number of methoxy groups -OCH3 is 1. The van der Waals surface area contributed by atoms with Gasteiger partial charge in [0.2, 0.25) is 0 Å². The van der Waals surface area contributed by atoms with Gasteiger partial charge in [-0.15, -0.1) is 0 Å². The van der Waals surface area contributed by atoms with Crippen LogP contribution in [0.15, 0.2) is 65.6 Å². The van der Waals surface area contributed by atoms with Crippen molar-refractivity contribution in [1.29, 1.82) is 0 Å². The number of aromatic nitrogens is 1. The minimum Gasteiger partial charge on any atom is -0.493 e. The molecule has 1 spiro atoms. The quantitative estimate of drug-likeness (QED) is 0.361. The number of hydrogen-bond donors (Lipinski definition) is 1. The molecule has 7 nitrogen and oxygen atoms in total. The maximum absolute atomic E-state index is 14.6. The lowest BCUT2D eigenvalue weighted by Gasteiger charge is -2.62. The lowest BCUT2D eigenvalue weighted by atomic mass is 9.49. The van der Waals surface area contributed by atoms with Crippen molar-refractivity contribution >= 4 is 20.9 Å². The van der Waals surface area contributed by atoms with E-state index in [1.54, 1.807) is 19.2 Å². The van der Waals surface area contributed by atoms with Gasteiger partial charge in [0.25, 0.3) is 10.0 Å². The first kappa shape index (κ1) is 25.2. The van der Waals surface area contributed by atoms with Crippen molar-refractivity contribution in [1.82, 2.24) is 8.87 Å². The largest absolute Gasteiger partial charge is 0.493 e. The Balaban J connectivity index is 1.35. The van der Waals surface area contributed by atoms with E-state index >= 15 is 0 Å². The fourth-order valence-corrected chi connectivity index (χ4v) is 10.5. The highest BCUT2D eigenvalue weighted by molar-refractivity contribution is 7.90. The van der Waals surface area contributed by atoms with E-state index in [2.05, 4.69) is 11.0 Å². The molecule has 1 saturated heterocycles. The third-order valence-electron chi connectivity index (χ3n) is 10.9. The smallest absolute Gasteiger partial charge is 0.268 e. The zero-order valence-electron chi connectivity index (χ0n) is 23.8. The van der Waals surface area contributed by atoms with Crippen LogP contribution in [-0.2, 0) is 28.3 Å². The Hall–Kier alpha value is -3.33. The van der Waals surface area contributed by atoms with Crippen LogP contribution < -0.4 is 9.47 Å². The second kappa shape index (κ2) is 8.18. The third-order valence-corrected chi connectivity index (χ3v) is 12.7. The molecule has 9 rings (SSSR count). The summed E-state index contributed by atoms with van der Waals surface area (Å²) in [6.07, 6.45) is 3.64. The van der Waals surface area contributed by atoms with Crippen molar-refractivity contribution in [3.05, 3.63) is 88.6 Å². The van der Waals surface area contributed by atoms with Crippen molar-refractivity contribution in [2.75, 3.05) is 20.2 Å². The Kier molecular flexibility index (Phi) is 4.91. The summed E-state index contributed by atoms with van der Waals surface area (Å²) < 4.78 is 43.5. The van der Waals surface area contributed by atoms with Gasteiger partial charge in [0.1, 0.15) is 0 Å². The molecule has 4 atom stereocenters. The van der Waals surface area contributed by atoms with E-state index in [1.807, 2.05) is 49.4 Å². The van der Waals surface area contributed by atoms with E-state index in [0.29, 0.717) is 41.5 Å². The Morgan fingerprint density at radius 1 is 1.07 bits per heavy atom. The first-order valence-electron chi connectivity index (χ1n) is 15.1. The zero-order valence-corrected chi connectivity index (χ0v) is 24.7. The standard InChI is InChI=1S/C34H34N2O5S/c1-20-7-12-23(13-8-20)42(38,39)36-26-6-4-3-5-24(26)25-18-34(37)28-17-22-11-14-27(40-2)31-29(22)33(34,32(41-31)30(25)36)15-16-35(28)19-21-9-10-21/h3-8,11-14,21,28,32,37H,9-10,15-19H2,1-2H3/t28-,32?,33+,34?/m1/s1. The van der Waals surface area contributed by atoms with E-state index in [9.17, 15) is 13.5 Å². The van der Waals surface area contributed by atoms with Gasteiger partial charge in [-0.1, -0.05) is 42.0 Å². The number of piperidine rings is 1. The predicted octanol–water partition coefficient (Wildman–Crippen LogP) is 4.89. The van der Waals surface area contributed by atoms with Gasteiger partial charge in [0, 0.05) is 30.0 Å². The molecule has 216 valence electrons. The maximum Gasteiger partial charge on any atom is 0.268 e. The van der Waals surface area contributed by atoms with E-state index in [4.69, 9.17) is 9.47 Å². The van der Waals surface area contributed by atoms with Gasteiger partial charge in [0.15, 0.2) is 17.6 Å². The predicted molar refractivity (Wildman–Crippen MR) is 159 cm³/mol. The molecule has 2 aliphatic heterocycles. The SMILES string of the molecule is COc1ccc2c3c1OC1c4c(c5ccccc5n4S(=O)(=O)c4ccc(C)cc4)CC4(O)[C@@H](C2)N(CC2CC2)CC[C@]314. The Morgan fingerprint density at radius 3 is 2.62 bits per heavy atom. The van der Waals surface area contributed by atoms with Gasteiger partial charge < -0.3 is 14.6 Å². The molecule has 42 heavy (non-hydrogen) atoms. The van der Waals surface area contributed by atoms with Crippen LogP contribution >= 0.6 is 0 Å². The fraction of sp³-hybridized carbons (Fsp3) is 0.412. The molecule has 3 heterocycles. The molecule has 2 unspecified atom stereocenters. The summed E-state index contributed by atoms with van der Waals surface area (Å²) in [5.74, 6) is 1.99. The summed E-state index contributed by atoms with van der Waals surface area (Å²) >= 11 is 0. The van der Waals surface area contributed by atoms with Gasteiger partial charge in [-0.2, -0.15) is 0 Å². The van der Waals surface area contributed by atoms with Crippen LogP contribution in [0.3, 0.4) is 0 Å². The Labute approximate surface area is 245 Å². The number of rotatable bonds is 5. The molecule has 2 bridgehead atoms. The van der Waals surface area contributed by atoms with Crippen molar-refractivity contribution in [2.24, 2.45) is 5.92 Å². The molecular formula is C34H34N2O5S. The number of aliphatic hydroxyl groups is 1. The van der Waals surface area contributed by atoms with Crippen molar-refractivity contribution < 1.29 is 23.0 Å². The summed E-state index contributed by atoms with van der Waals surface area (Å²) in [4.78, 5) is 2.77. The molecule has 5 aliphatic rings. The van der Waals surface area contributed by atoms with Gasteiger partial charge in [-0.25, -0.2) is 12.4 Å². The van der Waals surface area contributed by atoms with E-state index in [0.717, 1.165) is 41.6 Å². The molecule has 1 saturated carbocycles. The first-order valence-corrected chi connectivity index (χ1v) is 16.5. The molecule has 1 aromatic heterocycles. The highest BCUT2D eigenvalue weighted by Crippen LogP contribution is 2.69. The molecule has 3 aliphatic carbocycles. The van der Waals surface area contributed by atoms with Crippen LogP contribution in [0.4, 0.5) is 0 Å². The van der Waals surface area contributed by atoms with Gasteiger partial charge >= 0.3 is 0 Å². The topological polar surface area (TPSA) is 81.0 Å². The molecule has 2 fully saturated rings. The zero-order chi connectivity index (χ0) is 28.6. The summed E-state index contributed by atoms with van der Waals surface area (Å²) in [6.45, 7) is 3.80. The number of benzene rings is 3. The van der Waals surface area contributed by atoms with Gasteiger partial charge in [-0.05, 0) is 80.5 Å². The molecular weight excluding hydrogens is 548 g/mol. The third kappa shape index (κ3) is 2.95. The highest BCUT2D eigenvalue weighted by atomic mass is 32.2. The maximum atomic E-state index is 14.6. The molecule has 1 N–H and O–H groups in total. The highest BCUT2D eigenvalue weighted by Gasteiger charge is 2.73. The van der Waals surface area contributed by atoms with Gasteiger partial charge in [0.05, 0.1) is 34.2 Å². The number of aryl methyl sites for hydroxylation is 1. The number of para-hydroxylation sites is 1. The van der Waals surface area contributed by atoms with Crippen molar-refractivity contribution in [2.45, 2.75) is 67.1 Å². The molecule has 0 amide bonds. The summed E-state index contributed by atoms with van der Waals surface area (Å²) in [7, 11) is -2.35. The number of hydrogen-bond acceptors (Lipinski definition) is 6. The molecule has 4 aromatic rings. The fourth-order valence-electron chi connectivity index (χ4n) is 8.89. The summed E-state index contributed by atoms with van der Waals surface area (Å²) in [6, 6.07) is 18.8. The Morgan fingerprint density at radius 2 is 1.86 bits per heavy atom. The van der Waals surface area contributed by atoms with Crippen molar-refractivity contribution in [3.63, 3.8) is 0 Å². The average Bonchev–Trinajstić information content (AvgIpc) is 3.64. The van der Waals surface area contributed by atoms with Crippen molar-refractivity contribution in [3.8, 4) is 11.5 Å². The lowest BCUT2D eigenvalue weighted by Crippen LogP contribution is -2.74. The first-order chi connectivity index (χ1) is 20.3. The monoisotopic (exact) mass is 582 g/mol. The number of ether oxygens (including phenoxy) is 2. The van der Waals surface area contributed by atoms with Crippen LogP contribution in [0.1, 0.15) is 53.3 Å². The minimum absolute atomic E-state index is 0.0752. The number of likely N-dealkylation sites (tertiary alicyclic amines) is 1. The summed E-state index contributed by atoms with van der Waals surface area (Å²) in [5, 5.41) is 14.1. The molecule has 8 heteroatoms. The molecule has 0 radical (unpaired) electrons. The second-order valence-corrected chi connectivity index (χ2v) is 14.9. The van der Waals surface area contributed by atoms with Crippen LogP contribution in [0.25, 0.3) is 10.9 Å². The van der Waals surface area contributed by atoms with Crippen LogP contribution in [0.2, 0.25) is 0 Å². The minimum atomic E-state index is -3.99. The Bertz CT molecular complexity index is 1910. The van der Waals surface area contributed by atoms with Crippen LogP contribution in [0.5, 0.6) is 11.5 Å². The average molecular weight is 583 g/mol.